The van der Waals surface area contributed by atoms with E-state index in [9.17, 15) is 19.0 Å². The summed E-state index contributed by atoms with van der Waals surface area (Å²) in [7, 11) is -4.39. The highest BCUT2D eigenvalue weighted by molar-refractivity contribution is 7.47. The molecule has 0 rings (SSSR count). The van der Waals surface area contributed by atoms with Gasteiger partial charge in [0.2, 0.25) is 0 Å². The average Bonchev–Trinajstić information content (AvgIpc) is 3.22. The fourth-order valence-corrected chi connectivity index (χ4v) is 7.35. The van der Waals surface area contributed by atoms with Crippen molar-refractivity contribution in [2.45, 2.75) is 225 Å². The Hall–Kier alpha value is -2.03. The van der Waals surface area contributed by atoms with Gasteiger partial charge in [-0.15, -0.1) is 0 Å². The van der Waals surface area contributed by atoms with Crippen LogP contribution in [0.5, 0.6) is 0 Å². The van der Waals surface area contributed by atoms with Crippen LogP contribution in [0, 0.1) is 0 Å². The van der Waals surface area contributed by atoms with E-state index in [0.717, 1.165) is 38.5 Å². The summed E-state index contributed by atoms with van der Waals surface area (Å²) in [6.45, 7) is 3.68. The molecule has 0 amide bonds. The van der Waals surface area contributed by atoms with Crippen LogP contribution in [0.25, 0.3) is 0 Å². The standard InChI is InChI=1S/C49H90NO8P/c1-3-5-7-9-11-13-15-17-19-21-22-23-24-26-27-29-31-33-35-37-39-41-48(51)55-45-47(46-57-59(53,54)56-44-43-50)58-49(52)42-40-38-36-34-32-30-28-25-20-18-16-14-12-10-8-6-4-2/h17-20,28,30,34,36,47H,3-16,21-27,29,31-33,35,37-46,50H2,1-2H3,(H,53,54). The van der Waals surface area contributed by atoms with Crippen molar-refractivity contribution in [2.24, 2.45) is 5.73 Å². The molecule has 0 aliphatic heterocycles. The maximum Gasteiger partial charge on any atom is 0.472 e. The first kappa shape index (κ1) is 57.0. The lowest BCUT2D eigenvalue weighted by molar-refractivity contribution is -0.161. The topological polar surface area (TPSA) is 134 Å². The van der Waals surface area contributed by atoms with E-state index < -0.39 is 32.5 Å². The van der Waals surface area contributed by atoms with E-state index in [-0.39, 0.29) is 32.6 Å². The zero-order valence-electron chi connectivity index (χ0n) is 38.0. The largest absolute Gasteiger partial charge is 0.472 e. The van der Waals surface area contributed by atoms with Gasteiger partial charge in [-0.05, 0) is 70.6 Å². The number of allylic oxidation sites excluding steroid dienone is 8. The molecule has 0 aromatic heterocycles. The Kier molecular flexibility index (Phi) is 43.9. The lowest BCUT2D eigenvalue weighted by atomic mass is 10.0. The van der Waals surface area contributed by atoms with Crippen LogP contribution in [0.4, 0.5) is 0 Å². The van der Waals surface area contributed by atoms with Crippen molar-refractivity contribution < 1.29 is 37.6 Å². The van der Waals surface area contributed by atoms with Crippen LogP contribution in [0.1, 0.15) is 219 Å². The number of ether oxygens (including phenoxy) is 2. The van der Waals surface area contributed by atoms with Crippen LogP contribution in [0.15, 0.2) is 48.6 Å². The minimum absolute atomic E-state index is 0.0449. The molecule has 0 radical (unpaired) electrons. The van der Waals surface area contributed by atoms with E-state index in [1.165, 1.54) is 141 Å². The van der Waals surface area contributed by atoms with Gasteiger partial charge in [-0.1, -0.05) is 184 Å². The fourth-order valence-electron chi connectivity index (χ4n) is 6.59. The van der Waals surface area contributed by atoms with Crippen molar-refractivity contribution in [2.75, 3.05) is 26.4 Å². The Morgan fingerprint density at radius 3 is 1.37 bits per heavy atom. The van der Waals surface area contributed by atoms with Gasteiger partial charge in [0.15, 0.2) is 6.10 Å². The summed E-state index contributed by atoms with van der Waals surface area (Å²) in [6.07, 6.45) is 53.0. The number of unbranched alkanes of at least 4 members (excludes halogenated alkanes) is 24. The molecule has 0 spiro atoms. The maximum absolute atomic E-state index is 12.6. The first-order valence-electron chi connectivity index (χ1n) is 24.1. The Morgan fingerprint density at radius 2 is 0.898 bits per heavy atom. The number of rotatable bonds is 45. The van der Waals surface area contributed by atoms with Gasteiger partial charge in [0.1, 0.15) is 6.61 Å². The lowest BCUT2D eigenvalue weighted by Crippen LogP contribution is -2.29. The number of phosphoric ester groups is 1. The molecule has 344 valence electrons. The number of phosphoric acid groups is 1. The highest BCUT2D eigenvalue weighted by Crippen LogP contribution is 2.43. The number of hydrogen-bond acceptors (Lipinski definition) is 8. The third kappa shape index (κ3) is 45.3. The molecule has 0 saturated carbocycles. The van der Waals surface area contributed by atoms with Gasteiger partial charge < -0.3 is 20.1 Å². The third-order valence-corrected chi connectivity index (χ3v) is 11.2. The van der Waals surface area contributed by atoms with Crippen molar-refractivity contribution >= 4 is 19.8 Å². The van der Waals surface area contributed by atoms with Crippen molar-refractivity contribution in [3.8, 4) is 0 Å². The second-order valence-electron chi connectivity index (χ2n) is 16.0. The highest BCUT2D eigenvalue weighted by Gasteiger charge is 2.26. The zero-order valence-corrected chi connectivity index (χ0v) is 38.9. The number of hydrogen-bond donors (Lipinski definition) is 2. The minimum atomic E-state index is -4.39. The summed E-state index contributed by atoms with van der Waals surface area (Å²) in [4.78, 5) is 34.9. The van der Waals surface area contributed by atoms with Crippen LogP contribution in [-0.2, 0) is 32.7 Å². The molecule has 0 aromatic carbocycles. The van der Waals surface area contributed by atoms with Gasteiger partial charge >= 0.3 is 19.8 Å². The van der Waals surface area contributed by atoms with Gasteiger partial charge in [-0.25, -0.2) is 4.57 Å². The number of carbonyl (C=O) groups is 2. The van der Waals surface area contributed by atoms with Crippen LogP contribution < -0.4 is 5.73 Å². The normalized spacial score (nSPS) is 13.6. The third-order valence-electron chi connectivity index (χ3n) is 10.2. The summed E-state index contributed by atoms with van der Waals surface area (Å²) in [5, 5.41) is 0. The molecule has 0 bridgehead atoms. The lowest BCUT2D eigenvalue weighted by Gasteiger charge is -2.19. The van der Waals surface area contributed by atoms with Gasteiger partial charge in [-0.2, -0.15) is 0 Å². The van der Waals surface area contributed by atoms with Gasteiger partial charge in [0.25, 0.3) is 0 Å². The molecule has 10 heteroatoms. The predicted octanol–water partition coefficient (Wildman–Crippen LogP) is 14.3. The molecule has 0 aliphatic rings. The Morgan fingerprint density at radius 1 is 0.508 bits per heavy atom. The molecular weight excluding hydrogens is 762 g/mol. The summed E-state index contributed by atoms with van der Waals surface area (Å²) in [5.74, 6) is -0.887. The Labute approximate surface area is 362 Å². The Bertz CT molecular complexity index is 1110. The van der Waals surface area contributed by atoms with Crippen LogP contribution >= 0.6 is 7.82 Å². The second kappa shape index (κ2) is 45.5. The monoisotopic (exact) mass is 852 g/mol. The Balaban J connectivity index is 4.14. The number of esters is 2. The number of carbonyl (C=O) groups excluding carboxylic acids is 2. The molecule has 9 nitrogen and oxygen atoms in total. The highest BCUT2D eigenvalue weighted by atomic mass is 31.2. The van der Waals surface area contributed by atoms with E-state index in [2.05, 4.69) is 56.4 Å². The van der Waals surface area contributed by atoms with Gasteiger partial charge in [0, 0.05) is 19.4 Å². The van der Waals surface area contributed by atoms with Crippen molar-refractivity contribution in [1.82, 2.24) is 0 Å². The van der Waals surface area contributed by atoms with E-state index in [1.54, 1.807) is 0 Å². The summed E-state index contributed by atoms with van der Waals surface area (Å²) in [6, 6.07) is 0. The molecule has 3 N–H and O–H groups in total. The summed E-state index contributed by atoms with van der Waals surface area (Å²) < 4.78 is 32.8. The molecule has 0 heterocycles. The first-order chi connectivity index (χ1) is 28.8. The van der Waals surface area contributed by atoms with E-state index in [0.29, 0.717) is 12.8 Å². The second-order valence-corrected chi connectivity index (χ2v) is 17.4. The zero-order chi connectivity index (χ0) is 43.2. The average molecular weight is 852 g/mol. The van der Waals surface area contributed by atoms with Crippen molar-refractivity contribution in [1.29, 1.82) is 0 Å². The predicted molar refractivity (Wildman–Crippen MR) is 247 cm³/mol. The molecule has 0 fully saturated rings. The van der Waals surface area contributed by atoms with E-state index in [4.69, 9.17) is 24.3 Å². The van der Waals surface area contributed by atoms with E-state index in [1.807, 2.05) is 6.08 Å². The molecule has 2 unspecified atom stereocenters. The fraction of sp³-hybridized carbons (Fsp3) is 0.796. The van der Waals surface area contributed by atoms with Gasteiger partial charge in [-0.3, -0.25) is 18.6 Å². The minimum Gasteiger partial charge on any atom is -0.462 e. The molecule has 0 aromatic rings. The van der Waals surface area contributed by atoms with Crippen molar-refractivity contribution in [3.63, 3.8) is 0 Å². The smallest absolute Gasteiger partial charge is 0.462 e. The molecule has 2 atom stereocenters. The summed E-state index contributed by atoms with van der Waals surface area (Å²) >= 11 is 0. The van der Waals surface area contributed by atoms with Crippen LogP contribution in [0.2, 0.25) is 0 Å². The van der Waals surface area contributed by atoms with E-state index >= 15 is 0 Å². The molecule has 0 aliphatic carbocycles. The van der Waals surface area contributed by atoms with Crippen molar-refractivity contribution in [3.05, 3.63) is 48.6 Å². The quantitative estimate of drug-likeness (QED) is 0.0266. The summed E-state index contributed by atoms with van der Waals surface area (Å²) in [5.41, 5.74) is 5.35. The van der Waals surface area contributed by atoms with Crippen LogP contribution in [-0.4, -0.2) is 49.3 Å². The molecule has 0 saturated heterocycles. The molecule has 59 heavy (non-hydrogen) atoms. The molecular formula is C49H90NO8P. The van der Waals surface area contributed by atoms with Gasteiger partial charge in [0.05, 0.1) is 13.2 Å². The SMILES string of the molecule is CCCCCCCCC=CCC=CCC=CCCCC(=O)OC(COC(=O)CCCCCCCCCCCCCC=CCCCCCCCC)COP(=O)(O)OCCN. The van der Waals surface area contributed by atoms with Crippen LogP contribution in [0.3, 0.4) is 0 Å². The number of nitrogens with two attached hydrogens (primary N) is 1. The first-order valence-corrected chi connectivity index (χ1v) is 25.6. The maximum atomic E-state index is 12.6.